The number of fused-ring (bicyclic) bond motifs is 3. The molecule has 0 bridgehead atoms. The molecule has 0 atom stereocenters. The zero-order valence-electron chi connectivity index (χ0n) is 42.3. The minimum atomic E-state index is -3.64. The zero-order valence-corrected chi connectivity index (χ0v) is 44.4. The first-order chi connectivity index (χ1) is 37.5. The monoisotopic (exact) mass is 1030 g/mol. The van der Waals surface area contributed by atoms with Gasteiger partial charge in [0, 0.05) is 0 Å². The molecule has 11 aromatic carbocycles. The van der Waals surface area contributed by atoms with E-state index < -0.39 is 13.3 Å². The molecule has 0 saturated carbocycles. The fourth-order valence-electron chi connectivity index (χ4n) is 11.4. The van der Waals surface area contributed by atoms with Gasteiger partial charge >= 0.3 is 364 Å². The number of benzene rings is 11. The van der Waals surface area contributed by atoms with Crippen molar-refractivity contribution >= 4 is 52.7 Å². The third-order valence-electron chi connectivity index (χ3n) is 15.1. The van der Waals surface area contributed by atoms with E-state index in [1.165, 1.54) is 50.6 Å². The Morgan fingerprint density at radius 2 is 0.658 bits per heavy atom. The third kappa shape index (κ3) is 8.34. The van der Waals surface area contributed by atoms with Gasteiger partial charge in [-0.3, -0.25) is 0 Å². The predicted octanol–water partition coefficient (Wildman–Crippen LogP) is 15.0. The Balaban J connectivity index is 1.11. The van der Waals surface area contributed by atoms with Crippen molar-refractivity contribution in [2.24, 2.45) is 0 Å². The number of aromatic nitrogens is 4. The number of rotatable bonds is 11. The van der Waals surface area contributed by atoms with Gasteiger partial charge in [-0.25, -0.2) is 0 Å². The average Bonchev–Trinajstić information content (AvgIpc) is 3.84. The summed E-state index contributed by atoms with van der Waals surface area (Å²) in [5.74, 6) is 1.81. The summed E-state index contributed by atoms with van der Waals surface area (Å²) >= 11 is -3.64. The van der Waals surface area contributed by atoms with Gasteiger partial charge in [-0.05, 0) is 25.0 Å². The minimum absolute atomic E-state index is 0.589. The van der Waals surface area contributed by atoms with Crippen molar-refractivity contribution in [3.8, 4) is 73.2 Å². The average molecular weight is 1030 g/mol. The second-order valence-electron chi connectivity index (χ2n) is 19.6. The van der Waals surface area contributed by atoms with Gasteiger partial charge in [-0.15, -0.1) is 0 Å². The number of hydrogen-bond acceptors (Lipinski definition) is 3. The van der Waals surface area contributed by atoms with E-state index in [9.17, 15) is 0 Å². The Bertz CT molecular complexity index is 3970. The Morgan fingerprint density at radius 3 is 1.13 bits per heavy atom. The molecule has 0 amide bonds. The maximum absolute atomic E-state index is 5.47. The molecule has 0 radical (unpaired) electrons. The molecule has 0 aliphatic carbocycles. The van der Waals surface area contributed by atoms with E-state index in [2.05, 4.69) is 261 Å². The van der Waals surface area contributed by atoms with E-state index in [4.69, 9.17) is 15.0 Å². The van der Waals surface area contributed by atoms with Gasteiger partial charge in [-0.2, -0.15) is 0 Å². The predicted molar refractivity (Wildman–Crippen MR) is 320 cm³/mol. The Hall–Kier alpha value is -9.23. The Kier molecular flexibility index (Phi) is 12.2. The van der Waals surface area contributed by atoms with Crippen LogP contribution in [0.3, 0.4) is 0 Å². The molecule has 0 saturated heterocycles. The molecule has 0 unspecified atom stereocenters. The van der Waals surface area contributed by atoms with Crippen LogP contribution < -0.4 is 17.6 Å². The second-order valence-corrected chi connectivity index (χ2v) is 27.6. The van der Waals surface area contributed by atoms with Crippen LogP contribution in [0.1, 0.15) is 11.1 Å². The summed E-state index contributed by atoms with van der Waals surface area (Å²) in [6.45, 7) is 4.38. The summed E-state index contributed by atoms with van der Waals surface area (Å²) in [4.78, 5) is 16.1. The summed E-state index contributed by atoms with van der Waals surface area (Å²) in [5, 5.41) is 2.34. The van der Waals surface area contributed by atoms with Crippen molar-refractivity contribution in [3.63, 3.8) is 0 Å². The second kappa shape index (κ2) is 19.9. The van der Waals surface area contributed by atoms with Crippen molar-refractivity contribution < 1.29 is 0 Å². The fraction of sp³-hybridized carbons (Fsp3) is 0.0282. The molecule has 0 fully saturated rings. The maximum atomic E-state index is 5.47. The molecule has 0 spiro atoms. The van der Waals surface area contributed by atoms with E-state index in [-0.39, 0.29) is 0 Å². The van der Waals surface area contributed by atoms with Gasteiger partial charge in [0.1, 0.15) is 0 Å². The molecule has 2 heterocycles. The van der Waals surface area contributed by atoms with Crippen LogP contribution in [-0.4, -0.2) is 32.8 Å². The first-order valence-electron chi connectivity index (χ1n) is 26.0. The van der Waals surface area contributed by atoms with Crippen molar-refractivity contribution in [3.05, 3.63) is 290 Å². The van der Waals surface area contributed by atoms with Crippen LogP contribution in [0.4, 0.5) is 0 Å². The molecule has 5 heteroatoms. The van der Waals surface area contributed by atoms with Gasteiger partial charge in [0.25, 0.3) is 0 Å². The molecular formula is C71H52GeN4. The summed E-state index contributed by atoms with van der Waals surface area (Å²) in [6.07, 6.45) is 0. The van der Waals surface area contributed by atoms with Crippen molar-refractivity contribution in [1.82, 2.24) is 19.5 Å². The fourth-order valence-corrected chi connectivity index (χ4v) is 21.5. The topological polar surface area (TPSA) is 43.6 Å². The Labute approximate surface area is 446 Å². The van der Waals surface area contributed by atoms with Gasteiger partial charge in [0.05, 0.1) is 0 Å². The first kappa shape index (κ1) is 46.6. The van der Waals surface area contributed by atoms with Gasteiger partial charge in [0.2, 0.25) is 0 Å². The van der Waals surface area contributed by atoms with Gasteiger partial charge in [0.15, 0.2) is 0 Å². The van der Waals surface area contributed by atoms with Crippen molar-refractivity contribution in [2.75, 3.05) is 0 Å². The molecule has 0 aliphatic rings. The van der Waals surface area contributed by atoms with Crippen LogP contribution >= 0.6 is 0 Å². The molecule has 76 heavy (non-hydrogen) atoms. The molecule has 4 nitrogen and oxygen atoms in total. The summed E-state index contributed by atoms with van der Waals surface area (Å²) in [7, 11) is 0. The number of hydrogen-bond donors (Lipinski definition) is 0. The molecule has 13 aromatic rings. The van der Waals surface area contributed by atoms with Gasteiger partial charge in [-0.1, -0.05) is 60.7 Å². The van der Waals surface area contributed by atoms with E-state index in [0.717, 1.165) is 55.7 Å². The van der Waals surface area contributed by atoms with Crippen molar-refractivity contribution in [2.45, 2.75) is 13.8 Å². The SMILES string of the molecule is Cc1ccccc1-c1ccc2c3ccc(-c4ccccc4C)cc3n(-c3ccc(-c4ccc[c]([Ge]([c]5ccccc5)([c]5ccccc5)[c]5ccccc5)c4)cc3-c3nc(-c4ccccc4)nc(-c4ccccc4)n3)c2c1. The van der Waals surface area contributed by atoms with E-state index >= 15 is 0 Å². The molecule has 0 N–H and O–H groups in total. The van der Waals surface area contributed by atoms with Crippen LogP contribution in [0.2, 0.25) is 0 Å². The van der Waals surface area contributed by atoms with Gasteiger partial charge < -0.3 is 0 Å². The summed E-state index contributed by atoms with van der Waals surface area (Å²) in [6, 6.07) is 102. The van der Waals surface area contributed by atoms with Crippen LogP contribution in [0.25, 0.3) is 95.0 Å². The van der Waals surface area contributed by atoms with Crippen molar-refractivity contribution in [1.29, 1.82) is 0 Å². The standard InChI is InChI=1S/C71H52GeN4/c1-49-23-18-20-37-61(49)55-39-42-63-64-43-40-56(62-38-21-19-24-50(62)2)48-68(64)76(67(63)47-55)66-44-41-54(46-65(66)71-74-69(51-25-8-3-9-26-51)73-70(75-71)52-27-10-4-11-28-52)53-29-22-36-60(45-53)72(57-30-12-5-13-31-57,58-32-14-6-15-33-58)59-34-16-7-17-35-59/h3-48H,1-2H3. The third-order valence-corrected chi connectivity index (χ3v) is 25.1. The van der Waals surface area contributed by atoms with E-state index in [0.29, 0.717) is 17.5 Å². The molecule has 0 aliphatic heterocycles. The number of aryl methyl sites for hydroxylation is 2. The molecular weight excluding hydrogens is 981 g/mol. The van der Waals surface area contributed by atoms with Crippen LogP contribution in [0.15, 0.2) is 279 Å². The zero-order chi connectivity index (χ0) is 51.0. The quantitative estimate of drug-likeness (QED) is 0.121. The number of nitrogens with zero attached hydrogens (tertiary/aromatic N) is 4. The first-order valence-corrected chi connectivity index (χ1v) is 30.2. The normalized spacial score (nSPS) is 11.6. The molecule has 13 rings (SSSR count). The molecule has 360 valence electrons. The Morgan fingerprint density at radius 1 is 0.276 bits per heavy atom. The van der Waals surface area contributed by atoms with Crippen LogP contribution in [0.5, 0.6) is 0 Å². The molecule has 2 aromatic heterocycles. The summed E-state index contributed by atoms with van der Waals surface area (Å²) < 4.78 is 7.93. The van der Waals surface area contributed by atoms with E-state index in [1.807, 2.05) is 36.4 Å². The van der Waals surface area contributed by atoms with Crippen LogP contribution in [0, 0.1) is 13.8 Å². The van der Waals surface area contributed by atoms with Crippen LogP contribution in [-0.2, 0) is 0 Å². The van der Waals surface area contributed by atoms with E-state index in [1.54, 1.807) is 0 Å². The summed E-state index contributed by atoms with van der Waals surface area (Å²) in [5.41, 5.74) is 15.3.